The van der Waals surface area contributed by atoms with Crippen LogP contribution in [-0.2, 0) is 16.0 Å². The van der Waals surface area contributed by atoms with Gasteiger partial charge in [0.25, 0.3) is 0 Å². The van der Waals surface area contributed by atoms with Gasteiger partial charge in [-0.05, 0) is 6.92 Å². The second-order valence-corrected chi connectivity index (χ2v) is 2.68. The lowest BCUT2D eigenvalue weighted by atomic mass is 10.2. The van der Waals surface area contributed by atoms with Gasteiger partial charge in [0.1, 0.15) is 0 Å². The van der Waals surface area contributed by atoms with Crippen LogP contribution in [0.3, 0.4) is 0 Å². The van der Waals surface area contributed by atoms with Gasteiger partial charge >= 0.3 is 5.97 Å². The minimum atomic E-state index is -0.619. The molecule has 76 valence electrons. The summed E-state index contributed by atoms with van der Waals surface area (Å²) in [6, 6.07) is 0. The highest BCUT2D eigenvalue weighted by atomic mass is 19.1. The number of ether oxygens (including phenoxy) is 1. The van der Waals surface area contributed by atoms with Gasteiger partial charge < -0.3 is 10.5 Å². The molecule has 0 spiro atoms. The maximum atomic E-state index is 12.9. The van der Waals surface area contributed by atoms with Crippen molar-refractivity contribution in [2.24, 2.45) is 0 Å². The first-order valence-corrected chi connectivity index (χ1v) is 4.18. The zero-order valence-corrected chi connectivity index (χ0v) is 7.79. The molecule has 0 saturated carbocycles. The number of nitrogens with zero attached hydrogens (tertiary/aromatic N) is 1. The molecule has 0 unspecified atom stereocenters. The predicted octanol–water partition coefficient (Wildman–Crippen LogP) is 0.909. The van der Waals surface area contributed by atoms with Crippen molar-refractivity contribution >= 4 is 11.7 Å². The fourth-order valence-corrected chi connectivity index (χ4v) is 0.994. The average molecular weight is 198 g/mol. The predicted molar refractivity (Wildman–Crippen MR) is 48.9 cm³/mol. The van der Waals surface area contributed by atoms with Crippen molar-refractivity contribution in [2.45, 2.75) is 13.3 Å². The third-order valence-electron chi connectivity index (χ3n) is 1.66. The molecule has 4 nitrogen and oxygen atoms in total. The lowest BCUT2D eigenvalue weighted by Crippen LogP contribution is -2.10. The van der Waals surface area contributed by atoms with Crippen molar-refractivity contribution in [3.63, 3.8) is 0 Å². The van der Waals surface area contributed by atoms with Gasteiger partial charge in [0.15, 0.2) is 5.82 Å². The van der Waals surface area contributed by atoms with E-state index in [0.717, 1.165) is 6.20 Å². The molecule has 0 amide bonds. The Morgan fingerprint density at radius 1 is 1.64 bits per heavy atom. The molecule has 2 N–H and O–H groups in total. The zero-order valence-electron chi connectivity index (χ0n) is 7.79. The first kappa shape index (κ1) is 10.4. The number of carbonyl (C=O) groups is 1. The molecule has 1 aromatic heterocycles. The Hall–Kier alpha value is -1.65. The van der Waals surface area contributed by atoms with E-state index in [-0.39, 0.29) is 12.1 Å². The van der Waals surface area contributed by atoms with Gasteiger partial charge in [0.05, 0.1) is 24.9 Å². The Bertz CT molecular complexity index is 342. The van der Waals surface area contributed by atoms with Gasteiger partial charge in [-0.2, -0.15) is 0 Å². The monoisotopic (exact) mass is 198 g/mol. The molecule has 1 heterocycles. The summed E-state index contributed by atoms with van der Waals surface area (Å²) in [6.45, 7) is 1.99. The Kier molecular flexibility index (Phi) is 3.39. The Morgan fingerprint density at radius 3 is 3.00 bits per heavy atom. The van der Waals surface area contributed by atoms with E-state index < -0.39 is 11.8 Å². The summed E-state index contributed by atoms with van der Waals surface area (Å²) in [7, 11) is 0. The van der Waals surface area contributed by atoms with Gasteiger partial charge in [0.2, 0.25) is 0 Å². The van der Waals surface area contributed by atoms with Gasteiger partial charge in [-0.25, -0.2) is 4.39 Å². The number of halogens is 1. The molecule has 0 fully saturated rings. The van der Waals surface area contributed by atoms with Crippen LogP contribution < -0.4 is 5.73 Å². The normalized spacial score (nSPS) is 9.86. The Balaban J connectivity index is 2.76. The van der Waals surface area contributed by atoms with E-state index in [1.165, 1.54) is 6.20 Å². The number of aromatic nitrogens is 1. The summed E-state index contributed by atoms with van der Waals surface area (Å²) in [5, 5.41) is 0. The fraction of sp³-hybridized carbons (Fsp3) is 0.333. The molecule has 0 aromatic carbocycles. The van der Waals surface area contributed by atoms with Crippen LogP contribution >= 0.6 is 0 Å². The lowest BCUT2D eigenvalue weighted by Gasteiger charge is -2.04. The number of hydrogen-bond acceptors (Lipinski definition) is 4. The largest absolute Gasteiger partial charge is 0.466 e. The van der Waals surface area contributed by atoms with Crippen LogP contribution in [0.15, 0.2) is 12.4 Å². The standard InChI is InChI=1S/C9H11FN2O2/c1-2-14-8(13)3-6-4-12-5-7(10)9(6)11/h4-5H,2-3H2,1H3,(H2,11,12). The van der Waals surface area contributed by atoms with E-state index >= 15 is 0 Å². The summed E-state index contributed by atoms with van der Waals surface area (Å²) in [5.41, 5.74) is 5.71. The first-order valence-electron chi connectivity index (χ1n) is 4.18. The Morgan fingerprint density at radius 2 is 2.36 bits per heavy atom. The van der Waals surface area contributed by atoms with Crippen molar-refractivity contribution in [1.82, 2.24) is 4.98 Å². The number of nitrogen functional groups attached to an aromatic ring is 1. The second kappa shape index (κ2) is 4.55. The molecule has 1 rings (SSSR count). The van der Waals surface area contributed by atoms with Crippen LogP contribution in [0.1, 0.15) is 12.5 Å². The van der Waals surface area contributed by atoms with E-state index in [1.807, 2.05) is 0 Å². The highest BCUT2D eigenvalue weighted by molar-refractivity contribution is 5.74. The Labute approximate surface area is 80.9 Å². The summed E-state index contributed by atoms with van der Waals surface area (Å²) >= 11 is 0. The zero-order chi connectivity index (χ0) is 10.6. The smallest absolute Gasteiger partial charge is 0.310 e. The van der Waals surface area contributed by atoms with E-state index in [9.17, 15) is 9.18 Å². The molecular formula is C9H11FN2O2. The lowest BCUT2D eigenvalue weighted by molar-refractivity contribution is -0.142. The quantitative estimate of drug-likeness (QED) is 0.733. The number of carbonyl (C=O) groups excluding carboxylic acids is 1. The fourth-order valence-electron chi connectivity index (χ4n) is 0.994. The van der Waals surface area contributed by atoms with E-state index in [4.69, 9.17) is 10.5 Å². The minimum absolute atomic E-state index is 0.0481. The number of rotatable bonds is 3. The van der Waals surface area contributed by atoms with Gasteiger partial charge in [-0.1, -0.05) is 0 Å². The van der Waals surface area contributed by atoms with Crippen LogP contribution in [-0.4, -0.2) is 17.6 Å². The highest BCUT2D eigenvalue weighted by Gasteiger charge is 2.10. The van der Waals surface area contributed by atoms with Crippen molar-refractivity contribution in [3.8, 4) is 0 Å². The number of anilines is 1. The van der Waals surface area contributed by atoms with Crippen LogP contribution in [0.2, 0.25) is 0 Å². The molecule has 14 heavy (non-hydrogen) atoms. The van der Waals surface area contributed by atoms with Gasteiger partial charge in [0, 0.05) is 11.8 Å². The number of pyridine rings is 1. The minimum Gasteiger partial charge on any atom is -0.466 e. The number of nitrogens with two attached hydrogens (primary N) is 1. The van der Waals surface area contributed by atoms with Gasteiger partial charge in [-0.15, -0.1) is 0 Å². The molecule has 5 heteroatoms. The number of hydrogen-bond donors (Lipinski definition) is 1. The molecular weight excluding hydrogens is 187 g/mol. The SMILES string of the molecule is CCOC(=O)Cc1cncc(F)c1N. The topological polar surface area (TPSA) is 65.2 Å². The molecule has 0 radical (unpaired) electrons. The summed E-state index contributed by atoms with van der Waals surface area (Å²) in [5.74, 6) is -1.06. The van der Waals surface area contributed by atoms with Crippen molar-refractivity contribution in [2.75, 3.05) is 12.3 Å². The molecule has 0 bridgehead atoms. The van der Waals surface area contributed by atoms with Crippen LogP contribution in [0.25, 0.3) is 0 Å². The van der Waals surface area contributed by atoms with Crippen LogP contribution in [0.5, 0.6) is 0 Å². The summed E-state index contributed by atoms with van der Waals surface area (Å²) < 4.78 is 17.6. The van der Waals surface area contributed by atoms with Crippen molar-refractivity contribution in [3.05, 3.63) is 23.8 Å². The third-order valence-corrected chi connectivity index (χ3v) is 1.66. The maximum absolute atomic E-state index is 12.9. The molecule has 1 aromatic rings. The van der Waals surface area contributed by atoms with Gasteiger partial charge in [-0.3, -0.25) is 9.78 Å². The van der Waals surface area contributed by atoms with Crippen molar-refractivity contribution < 1.29 is 13.9 Å². The second-order valence-electron chi connectivity index (χ2n) is 2.68. The molecule has 0 aliphatic carbocycles. The molecule has 0 saturated heterocycles. The van der Waals surface area contributed by atoms with Crippen LogP contribution in [0.4, 0.5) is 10.1 Å². The van der Waals surface area contributed by atoms with Crippen LogP contribution in [0, 0.1) is 5.82 Å². The highest BCUT2D eigenvalue weighted by Crippen LogP contribution is 2.14. The van der Waals surface area contributed by atoms with E-state index in [0.29, 0.717) is 12.2 Å². The number of esters is 1. The summed E-state index contributed by atoms with van der Waals surface area (Å²) in [4.78, 5) is 14.6. The molecule has 0 aliphatic heterocycles. The average Bonchev–Trinajstić information content (AvgIpc) is 2.13. The first-order chi connectivity index (χ1) is 6.65. The maximum Gasteiger partial charge on any atom is 0.310 e. The van der Waals surface area contributed by atoms with Crippen molar-refractivity contribution in [1.29, 1.82) is 0 Å². The molecule has 0 aliphatic rings. The van der Waals surface area contributed by atoms with E-state index in [2.05, 4.69) is 4.98 Å². The molecule has 0 atom stereocenters. The third kappa shape index (κ3) is 2.42. The summed E-state index contributed by atoms with van der Waals surface area (Å²) in [6.07, 6.45) is 2.31. The van der Waals surface area contributed by atoms with E-state index in [1.54, 1.807) is 6.92 Å².